The van der Waals surface area contributed by atoms with Crippen molar-refractivity contribution in [3.05, 3.63) is 36.7 Å². The Bertz CT molecular complexity index is 668. The van der Waals surface area contributed by atoms with E-state index in [1.165, 1.54) is 0 Å². The molecule has 0 bridgehead atoms. The van der Waals surface area contributed by atoms with E-state index >= 15 is 0 Å². The highest BCUT2D eigenvalue weighted by molar-refractivity contribution is 5.92. The van der Waals surface area contributed by atoms with Crippen LogP contribution >= 0.6 is 0 Å². The first kappa shape index (κ1) is 14.4. The van der Waals surface area contributed by atoms with Gasteiger partial charge >= 0.3 is 0 Å². The van der Waals surface area contributed by atoms with Gasteiger partial charge in [0.2, 0.25) is 11.9 Å². The molecule has 1 aromatic carbocycles. The van der Waals surface area contributed by atoms with Crippen LogP contribution in [0.4, 0.5) is 17.3 Å². The van der Waals surface area contributed by atoms with Crippen molar-refractivity contribution in [3.8, 4) is 0 Å². The van der Waals surface area contributed by atoms with Crippen molar-refractivity contribution in [2.24, 2.45) is 23.2 Å². The Balaban J connectivity index is 1.61. The molecule has 6 nitrogen and oxygen atoms in total. The van der Waals surface area contributed by atoms with Crippen LogP contribution in [0.5, 0.6) is 0 Å². The number of benzene rings is 1. The zero-order chi connectivity index (χ0) is 15.4. The van der Waals surface area contributed by atoms with E-state index in [0.29, 0.717) is 5.95 Å². The number of hydrogen-bond donors (Lipinski definition) is 1. The number of carbonyl (C=O) groups is 1. The Morgan fingerprint density at radius 1 is 1.23 bits per heavy atom. The quantitative estimate of drug-likeness (QED) is 0.867. The van der Waals surface area contributed by atoms with Crippen molar-refractivity contribution in [1.29, 1.82) is 0 Å². The first-order valence-electron chi connectivity index (χ1n) is 7.52. The first-order valence-corrected chi connectivity index (χ1v) is 7.52. The van der Waals surface area contributed by atoms with E-state index in [4.69, 9.17) is 0 Å². The third kappa shape index (κ3) is 3.39. The number of azo groups is 1. The first-order chi connectivity index (χ1) is 10.7. The smallest absolute Gasteiger partial charge is 0.249 e. The number of anilines is 1. The minimum Gasteiger partial charge on any atom is -0.326 e. The lowest BCUT2D eigenvalue weighted by Crippen LogP contribution is -2.20. The van der Waals surface area contributed by atoms with Crippen molar-refractivity contribution in [3.63, 3.8) is 0 Å². The van der Waals surface area contributed by atoms with Gasteiger partial charge in [-0.3, -0.25) is 4.79 Å². The van der Waals surface area contributed by atoms with E-state index in [1.54, 1.807) is 10.8 Å². The largest absolute Gasteiger partial charge is 0.326 e. The molecule has 1 aliphatic carbocycles. The lowest BCUT2D eigenvalue weighted by molar-refractivity contribution is -0.119. The molecule has 6 heteroatoms. The van der Waals surface area contributed by atoms with Gasteiger partial charge in [-0.25, -0.2) is 4.98 Å². The van der Waals surface area contributed by atoms with E-state index in [9.17, 15) is 4.79 Å². The Hall–Kier alpha value is -2.50. The summed E-state index contributed by atoms with van der Waals surface area (Å²) in [6.07, 6.45) is 7.81. The number of imidazole rings is 1. The van der Waals surface area contributed by atoms with E-state index < -0.39 is 0 Å². The SMILES string of the molecule is Cn1ccnc1N=Nc1ccc(NC(=O)C2CCCC2)cc1. The number of aryl methyl sites for hydroxylation is 1. The average molecular weight is 297 g/mol. The molecular formula is C16H19N5O. The zero-order valence-electron chi connectivity index (χ0n) is 12.6. The van der Waals surface area contributed by atoms with Gasteiger partial charge in [0.05, 0.1) is 5.69 Å². The molecule has 1 aromatic heterocycles. The molecule has 0 saturated heterocycles. The van der Waals surface area contributed by atoms with E-state index in [-0.39, 0.29) is 11.8 Å². The average Bonchev–Trinajstić information content (AvgIpc) is 3.18. The number of carbonyl (C=O) groups excluding carboxylic acids is 1. The number of hydrogen-bond acceptors (Lipinski definition) is 4. The number of nitrogens with zero attached hydrogens (tertiary/aromatic N) is 4. The topological polar surface area (TPSA) is 71.6 Å². The molecular weight excluding hydrogens is 278 g/mol. The molecule has 2 aromatic rings. The summed E-state index contributed by atoms with van der Waals surface area (Å²) in [7, 11) is 1.86. The van der Waals surface area contributed by atoms with Gasteiger partial charge in [0.1, 0.15) is 0 Å². The van der Waals surface area contributed by atoms with Gasteiger partial charge in [0, 0.05) is 31.0 Å². The molecule has 22 heavy (non-hydrogen) atoms. The molecule has 1 N–H and O–H groups in total. The summed E-state index contributed by atoms with van der Waals surface area (Å²) in [6.45, 7) is 0. The summed E-state index contributed by atoms with van der Waals surface area (Å²) >= 11 is 0. The van der Waals surface area contributed by atoms with Gasteiger partial charge in [-0.15, -0.1) is 10.2 Å². The van der Waals surface area contributed by atoms with Crippen molar-refractivity contribution in [1.82, 2.24) is 9.55 Å². The number of rotatable bonds is 4. The standard InChI is InChI=1S/C16H19N5O/c1-21-11-10-17-16(21)20-19-14-8-6-13(7-9-14)18-15(22)12-4-2-3-5-12/h6-12H,2-5H2,1H3,(H,18,22). The highest BCUT2D eigenvalue weighted by atomic mass is 16.1. The van der Waals surface area contributed by atoms with E-state index in [1.807, 2.05) is 37.5 Å². The zero-order valence-corrected chi connectivity index (χ0v) is 12.6. The molecule has 0 radical (unpaired) electrons. The molecule has 1 heterocycles. The molecule has 0 unspecified atom stereocenters. The van der Waals surface area contributed by atoms with Gasteiger partial charge in [-0.2, -0.15) is 0 Å². The van der Waals surface area contributed by atoms with Crippen LogP contribution in [0.1, 0.15) is 25.7 Å². The number of amides is 1. The molecule has 0 aliphatic heterocycles. The predicted octanol–water partition coefficient (Wildman–Crippen LogP) is 3.96. The van der Waals surface area contributed by atoms with Crippen molar-refractivity contribution in [2.45, 2.75) is 25.7 Å². The molecule has 0 spiro atoms. The predicted molar refractivity (Wildman–Crippen MR) is 84.4 cm³/mol. The van der Waals surface area contributed by atoms with Crippen LogP contribution in [0.25, 0.3) is 0 Å². The van der Waals surface area contributed by atoms with Crippen molar-refractivity contribution in [2.75, 3.05) is 5.32 Å². The van der Waals surface area contributed by atoms with Crippen LogP contribution in [0.3, 0.4) is 0 Å². The van der Waals surface area contributed by atoms with Gasteiger partial charge in [0.15, 0.2) is 0 Å². The third-order valence-electron chi connectivity index (χ3n) is 3.91. The van der Waals surface area contributed by atoms with Crippen LogP contribution in [-0.4, -0.2) is 15.5 Å². The summed E-state index contributed by atoms with van der Waals surface area (Å²) in [5.74, 6) is 0.848. The molecule has 3 rings (SSSR count). The maximum absolute atomic E-state index is 12.1. The van der Waals surface area contributed by atoms with Gasteiger partial charge in [-0.1, -0.05) is 12.8 Å². The van der Waals surface area contributed by atoms with Crippen LogP contribution in [-0.2, 0) is 11.8 Å². The summed E-state index contributed by atoms with van der Waals surface area (Å²) in [5.41, 5.74) is 1.52. The number of aromatic nitrogens is 2. The lowest BCUT2D eigenvalue weighted by Gasteiger charge is -2.10. The second-order valence-corrected chi connectivity index (χ2v) is 5.56. The summed E-state index contributed by atoms with van der Waals surface area (Å²) in [5, 5.41) is 11.2. The van der Waals surface area contributed by atoms with E-state index in [0.717, 1.165) is 37.1 Å². The fraction of sp³-hybridized carbons (Fsp3) is 0.375. The minimum atomic E-state index is 0.125. The fourth-order valence-electron chi connectivity index (χ4n) is 2.60. The van der Waals surface area contributed by atoms with Crippen molar-refractivity contribution < 1.29 is 4.79 Å². The molecule has 1 saturated carbocycles. The lowest BCUT2D eigenvalue weighted by atomic mass is 10.1. The molecule has 0 atom stereocenters. The highest BCUT2D eigenvalue weighted by Crippen LogP contribution is 2.26. The molecule has 1 aliphatic rings. The maximum Gasteiger partial charge on any atom is 0.249 e. The number of nitrogens with one attached hydrogen (secondary N) is 1. The summed E-state index contributed by atoms with van der Waals surface area (Å²) in [4.78, 5) is 16.1. The Morgan fingerprint density at radius 3 is 2.59 bits per heavy atom. The second kappa shape index (κ2) is 6.51. The van der Waals surface area contributed by atoms with Crippen LogP contribution in [0, 0.1) is 5.92 Å². The Labute approximate surface area is 129 Å². The van der Waals surface area contributed by atoms with Gasteiger partial charge in [0.25, 0.3) is 0 Å². The molecule has 114 valence electrons. The van der Waals surface area contributed by atoms with Crippen LogP contribution in [0.2, 0.25) is 0 Å². The molecule has 1 fully saturated rings. The fourth-order valence-corrected chi connectivity index (χ4v) is 2.60. The second-order valence-electron chi connectivity index (χ2n) is 5.56. The highest BCUT2D eigenvalue weighted by Gasteiger charge is 2.22. The summed E-state index contributed by atoms with van der Waals surface area (Å²) in [6, 6.07) is 7.35. The Morgan fingerprint density at radius 2 is 1.95 bits per heavy atom. The van der Waals surface area contributed by atoms with Crippen LogP contribution < -0.4 is 5.32 Å². The third-order valence-corrected chi connectivity index (χ3v) is 3.91. The van der Waals surface area contributed by atoms with Gasteiger partial charge < -0.3 is 9.88 Å². The van der Waals surface area contributed by atoms with E-state index in [2.05, 4.69) is 20.5 Å². The van der Waals surface area contributed by atoms with Gasteiger partial charge in [-0.05, 0) is 37.1 Å². The Kier molecular flexibility index (Phi) is 4.27. The minimum absolute atomic E-state index is 0.125. The van der Waals surface area contributed by atoms with Crippen molar-refractivity contribution >= 4 is 23.2 Å². The van der Waals surface area contributed by atoms with Crippen LogP contribution in [0.15, 0.2) is 46.9 Å². The molecule has 1 amide bonds. The summed E-state index contributed by atoms with van der Waals surface area (Å²) < 4.78 is 1.79. The monoisotopic (exact) mass is 297 g/mol. The normalized spacial score (nSPS) is 15.5. The maximum atomic E-state index is 12.1.